The largest absolute Gasteiger partial charge is 0.354 e. The van der Waals surface area contributed by atoms with Crippen LogP contribution in [0.3, 0.4) is 0 Å². The van der Waals surface area contributed by atoms with Crippen LogP contribution in [-0.4, -0.2) is 64.3 Å². The van der Waals surface area contributed by atoms with Crippen LogP contribution in [0.1, 0.15) is 104 Å². The van der Waals surface area contributed by atoms with Gasteiger partial charge in [0.15, 0.2) is 0 Å². The molecule has 1 amide bonds. The highest BCUT2D eigenvalue weighted by atomic mass is 19.1. The minimum absolute atomic E-state index is 0.245. The van der Waals surface area contributed by atoms with Gasteiger partial charge in [-0.2, -0.15) is 5.10 Å². The summed E-state index contributed by atoms with van der Waals surface area (Å²) >= 11 is 0. The number of nitrogens with zero attached hydrogens (tertiary/aromatic N) is 5. The fraction of sp³-hybridized carbons (Fsp3) is 0.697. The molecule has 1 fully saturated rings. The van der Waals surface area contributed by atoms with Gasteiger partial charge in [0.1, 0.15) is 11.6 Å². The molecule has 2 heterocycles. The molecule has 1 aliphatic heterocycles. The van der Waals surface area contributed by atoms with E-state index in [-0.39, 0.29) is 11.7 Å². The lowest BCUT2D eigenvalue weighted by molar-refractivity contribution is -0.132. The maximum absolute atomic E-state index is 13.8. The second-order valence-corrected chi connectivity index (χ2v) is 12.1. The first-order valence-electron chi connectivity index (χ1n) is 15.9. The second kappa shape index (κ2) is 16.1. The first kappa shape index (κ1) is 32.1. The number of hydrogen-bond acceptors (Lipinski definition) is 4. The molecular formula is C33H54FN5O. The smallest absolute Gasteiger partial charge is 0.222 e. The van der Waals surface area contributed by atoms with Crippen LogP contribution >= 0.6 is 0 Å². The number of aromatic nitrogens is 2. The fourth-order valence-corrected chi connectivity index (χ4v) is 5.75. The molecule has 224 valence electrons. The maximum atomic E-state index is 13.8. The summed E-state index contributed by atoms with van der Waals surface area (Å²) in [6.07, 6.45) is 9.83. The van der Waals surface area contributed by atoms with Gasteiger partial charge in [-0.15, -0.1) is 0 Å². The van der Waals surface area contributed by atoms with Gasteiger partial charge < -0.3 is 9.80 Å². The summed E-state index contributed by atoms with van der Waals surface area (Å²) in [6.45, 7) is 18.3. The number of hydrogen-bond donors (Lipinski definition) is 0. The van der Waals surface area contributed by atoms with E-state index < -0.39 is 0 Å². The van der Waals surface area contributed by atoms with E-state index >= 15 is 0 Å². The van der Waals surface area contributed by atoms with Crippen LogP contribution < -0.4 is 4.90 Å². The van der Waals surface area contributed by atoms with Gasteiger partial charge in [0, 0.05) is 50.7 Å². The molecule has 0 radical (unpaired) electrons. The van der Waals surface area contributed by atoms with E-state index in [0.717, 1.165) is 74.7 Å². The summed E-state index contributed by atoms with van der Waals surface area (Å²) in [7, 11) is 0. The minimum Gasteiger partial charge on any atom is -0.354 e. The number of halogens is 1. The van der Waals surface area contributed by atoms with Gasteiger partial charge in [-0.3, -0.25) is 9.69 Å². The van der Waals surface area contributed by atoms with Crippen LogP contribution in [0.25, 0.3) is 5.69 Å². The van der Waals surface area contributed by atoms with E-state index in [1.165, 1.54) is 44.2 Å². The Balaban J connectivity index is 1.87. The van der Waals surface area contributed by atoms with Gasteiger partial charge in [-0.25, -0.2) is 9.07 Å². The van der Waals surface area contributed by atoms with Gasteiger partial charge in [0.2, 0.25) is 5.91 Å². The number of amides is 1. The zero-order valence-electron chi connectivity index (χ0n) is 26.1. The van der Waals surface area contributed by atoms with E-state index in [0.29, 0.717) is 24.9 Å². The lowest BCUT2D eigenvalue weighted by atomic mass is 10.1. The van der Waals surface area contributed by atoms with Crippen molar-refractivity contribution in [2.45, 2.75) is 112 Å². The molecule has 1 aliphatic rings. The Labute approximate surface area is 242 Å². The summed E-state index contributed by atoms with van der Waals surface area (Å²) in [6, 6.07) is 7.12. The lowest BCUT2D eigenvalue weighted by Crippen LogP contribution is -2.49. The standard InChI is InChI=1S/C33H54FN5O/c1-7-9-10-11-12-13-14-15-32(40)38(24-26(3)4)25-30-31(8-2)35-39(29-18-16-28(34)17-19-29)33(30)37-22-20-36(21-23-37)27(5)6/h16-19,26-27H,7-15,20-25H2,1-6H3. The SMILES string of the molecule is CCCCCCCCCC(=O)N(Cc1c(CC)nn(-c2ccc(F)cc2)c1N1CCN(C(C)C)CC1)CC(C)C. The van der Waals surface area contributed by atoms with Gasteiger partial charge in [-0.05, 0) is 56.9 Å². The molecule has 1 aromatic heterocycles. The van der Waals surface area contributed by atoms with E-state index in [2.05, 4.69) is 56.2 Å². The molecule has 0 spiro atoms. The van der Waals surface area contributed by atoms with Gasteiger partial charge in [0.05, 0.1) is 17.9 Å². The zero-order chi connectivity index (χ0) is 29.1. The Hall–Kier alpha value is -2.41. The summed E-state index contributed by atoms with van der Waals surface area (Å²) < 4.78 is 15.8. The Morgan fingerprint density at radius 3 is 2.12 bits per heavy atom. The summed E-state index contributed by atoms with van der Waals surface area (Å²) in [5.41, 5.74) is 3.01. The molecule has 0 atom stereocenters. The number of aryl methyl sites for hydroxylation is 1. The van der Waals surface area contributed by atoms with Crippen molar-refractivity contribution >= 4 is 11.7 Å². The van der Waals surface area contributed by atoms with Crippen molar-refractivity contribution in [2.75, 3.05) is 37.6 Å². The van der Waals surface area contributed by atoms with Crippen LogP contribution in [0.15, 0.2) is 24.3 Å². The number of piperazine rings is 1. The normalized spacial score (nSPS) is 14.5. The lowest BCUT2D eigenvalue weighted by Gasteiger charge is -2.38. The van der Waals surface area contributed by atoms with E-state index in [1.807, 2.05) is 4.68 Å². The molecule has 2 aromatic rings. The second-order valence-electron chi connectivity index (χ2n) is 12.1. The van der Waals surface area contributed by atoms with Crippen molar-refractivity contribution in [3.05, 3.63) is 41.3 Å². The van der Waals surface area contributed by atoms with Gasteiger partial charge >= 0.3 is 0 Å². The molecule has 0 saturated carbocycles. The summed E-state index contributed by atoms with van der Waals surface area (Å²) in [4.78, 5) is 20.6. The number of unbranched alkanes of at least 4 members (excludes halogenated alkanes) is 6. The number of anilines is 1. The molecule has 3 rings (SSSR count). The van der Waals surface area contributed by atoms with Crippen LogP contribution in [0.2, 0.25) is 0 Å². The average molecular weight is 556 g/mol. The number of carbonyl (C=O) groups is 1. The third kappa shape index (κ3) is 9.05. The predicted octanol–water partition coefficient (Wildman–Crippen LogP) is 7.23. The van der Waals surface area contributed by atoms with Gasteiger partial charge in [0.25, 0.3) is 0 Å². The quantitative estimate of drug-likeness (QED) is 0.205. The van der Waals surface area contributed by atoms with Crippen molar-refractivity contribution < 1.29 is 9.18 Å². The molecule has 0 N–H and O–H groups in total. The Kier molecular flexibility index (Phi) is 13.0. The fourth-order valence-electron chi connectivity index (χ4n) is 5.75. The third-order valence-electron chi connectivity index (χ3n) is 8.07. The Bertz CT molecular complexity index is 1020. The predicted molar refractivity (Wildman–Crippen MR) is 165 cm³/mol. The summed E-state index contributed by atoms with van der Waals surface area (Å²) in [5.74, 6) is 1.44. The molecule has 0 unspecified atom stereocenters. The number of carbonyl (C=O) groups excluding carboxylic acids is 1. The minimum atomic E-state index is -0.252. The Morgan fingerprint density at radius 2 is 1.55 bits per heavy atom. The molecule has 7 heteroatoms. The van der Waals surface area contributed by atoms with Crippen molar-refractivity contribution in [3.8, 4) is 5.69 Å². The van der Waals surface area contributed by atoms with Crippen LogP contribution in [0.5, 0.6) is 0 Å². The molecule has 40 heavy (non-hydrogen) atoms. The van der Waals surface area contributed by atoms with Crippen molar-refractivity contribution in [3.63, 3.8) is 0 Å². The monoisotopic (exact) mass is 555 g/mol. The van der Waals surface area contributed by atoms with Crippen LogP contribution in [-0.2, 0) is 17.8 Å². The molecule has 0 aliphatic carbocycles. The van der Waals surface area contributed by atoms with E-state index in [9.17, 15) is 9.18 Å². The first-order valence-corrected chi connectivity index (χ1v) is 15.9. The maximum Gasteiger partial charge on any atom is 0.222 e. The number of rotatable bonds is 16. The molecular weight excluding hydrogens is 501 g/mol. The molecule has 6 nitrogen and oxygen atoms in total. The van der Waals surface area contributed by atoms with E-state index in [4.69, 9.17) is 5.10 Å². The molecule has 1 saturated heterocycles. The van der Waals surface area contributed by atoms with Crippen molar-refractivity contribution in [2.24, 2.45) is 5.92 Å². The van der Waals surface area contributed by atoms with Crippen LogP contribution in [0, 0.1) is 11.7 Å². The van der Waals surface area contributed by atoms with Gasteiger partial charge in [-0.1, -0.05) is 66.2 Å². The molecule has 1 aromatic carbocycles. The highest BCUT2D eigenvalue weighted by molar-refractivity contribution is 5.76. The summed E-state index contributed by atoms with van der Waals surface area (Å²) in [5, 5.41) is 5.06. The van der Waals surface area contributed by atoms with Crippen LogP contribution in [0.4, 0.5) is 10.2 Å². The highest BCUT2D eigenvalue weighted by Gasteiger charge is 2.29. The Morgan fingerprint density at radius 1 is 0.925 bits per heavy atom. The first-order chi connectivity index (χ1) is 19.2. The van der Waals surface area contributed by atoms with E-state index in [1.54, 1.807) is 12.1 Å². The molecule has 0 bridgehead atoms. The highest BCUT2D eigenvalue weighted by Crippen LogP contribution is 2.31. The number of benzene rings is 1. The third-order valence-corrected chi connectivity index (χ3v) is 8.07. The zero-order valence-corrected chi connectivity index (χ0v) is 26.1. The van der Waals surface area contributed by atoms with Crippen molar-refractivity contribution in [1.29, 1.82) is 0 Å². The topological polar surface area (TPSA) is 44.6 Å². The van der Waals surface area contributed by atoms with Crippen molar-refractivity contribution in [1.82, 2.24) is 19.6 Å². The average Bonchev–Trinajstić information content (AvgIpc) is 3.30.